The molecule has 2 amide bonds. The number of hydrogen-bond acceptors (Lipinski definition) is 10. The van der Waals surface area contributed by atoms with E-state index in [9.17, 15) is 24.3 Å². The molecule has 0 bridgehead atoms. The number of amides is 2. The summed E-state index contributed by atoms with van der Waals surface area (Å²) in [7, 11) is 0. The molecule has 1 heterocycles. The third kappa shape index (κ3) is 8.30. The molecule has 2 rings (SSSR count). The molecule has 0 radical (unpaired) electrons. The van der Waals surface area contributed by atoms with Gasteiger partial charge >= 0.3 is 0 Å². The zero-order valence-electron chi connectivity index (χ0n) is 18.3. The normalized spacial score (nSPS) is 29.1. The Bertz CT molecular complexity index is 640. The van der Waals surface area contributed by atoms with E-state index in [-0.39, 0.29) is 54.5 Å². The van der Waals surface area contributed by atoms with Crippen molar-refractivity contribution < 1.29 is 49.8 Å². The van der Waals surface area contributed by atoms with E-state index in [1.54, 1.807) is 0 Å². The van der Waals surface area contributed by atoms with E-state index < -0.39 is 37.1 Å². The van der Waals surface area contributed by atoms with Crippen molar-refractivity contribution in [3.05, 3.63) is 0 Å². The minimum Gasteiger partial charge on any atom is -0.394 e. The highest BCUT2D eigenvalue weighted by Gasteiger charge is 2.38. The number of ketones is 1. The smallest absolute Gasteiger partial charge is 0.226 e. The number of hydrogen-bond donors (Lipinski definition) is 7. The van der Waals surface area contributed by atoms with Crippen molar-refractivity contribution in [2.75, 3.05) is 6.61 Å². The Kier molecular flexibility index (Phi) is 11.5. The van der Waals surface area contributed by atoms with Gasteiger partial charge in [-0.05, 0) is 31.1 Å². The summed E-state index contributed by atoms with van der Waals surface area (Å²) >= 11 is 0. The van der Waals surface area contributed by atoms with Crippen LogP contribution in [0.25, 0.3) is 0 Å². The first-order valence-electron chi connectivity index (χ1n) is 10.7. The maximum Gasteiger partial charge on any atom is 0.226 e. The summed E-state index contributed by atoms with van der Waals surface area (Å²) in [5.41, 5.74) is 0. The molecule has 0 aromatic carbocycles. The lowest BCUT2D eigenvalue weighted by molar-refractivity contribution is -0.137. The Morgan fingerprint density at radius 2 is 1.53 bits per heavy atom. The lowest BCUT2D eigenvalue weighted by Gasteiger charge is -2.34. The van der Waals surface area contributed by atoms with Gasteiger partial charge in [-0.15, -0.1) is 0 Å². The number of aliphatic hydroxyl groups is 6. The number of rotatable bonds is 8. The fourth-order valence-corrected chi connectivity index (χ4v) is 4.22. The first kappa shape index (κ1) is 28.3. The molecule has 2 aliphatic rings. The van der Waals surface area contributed by atoms with Crippen LogP contribution < -0.4 is 5.32 Å². The molecule has 11 nitrogen and oxygen atoms in total. The van der Waals surface area contributed by atoms with Crippen LogP contribution in [0.1, 0.15) is 46.0 Å². The Labute approximate surface area is 186 Å². The topological polar surface area (TPSA) is 202 Å². The van der Waals surface area contributed by atoms with Crippen molar-refractivity contribution >= 4 is 23.9 Å². The predicted octanol–water partition coefficient (Wildman–Crippen LogP) is -2.34. The van der Waals surface area contributed by atoms with E-state index in [0.29, 0.717) is 18.8 Å². The van der Waals surface area contributed by atoms with Crippen molar-refractivity contribution in [1.82, 2.24) is 5.32 Å². The van der Waals surface area contributed by atoms with Gasteiger partial charge in [0.2, 0.25) is 11.8 Å². The molecule has 0 spiro atoms. The minimum atomic E-state index is -1.79. The van der Waals surface area contributed by atoms with E-state index in [0.717, 1.165) is 6.42 Å². The van der Waals surface area contributed by atoms with Crippen LogP contribution in [0.2, 0.25) is 0 Å². The largest absolute Gasteiger partial charge is 0.394 e. The molecule has 32 heavy (non-hydrogen) atoms. The monoisotopic (exact) mass is 461 g/mol. The molecule has 0 aromatic heterocycles. The average Bonchev–Trinajstić information content (AvgIpc) is 2.73. The van der Waals surface area contributed by atoms with Crippen molar-refractivity contribution in [3.63, 3.8) is 0 Å². The highest BCUT2D eigenvalue weighted by Crippen LogP contribution is 2.34. The van der Waals surface area contributed by atoms with Crippen molar-refractivity contribution in [2.24, 2.45) is 23.7 Å². The van der Waals surface area contributed by atoms with E-state index >= 15 is 0 Å². The Balaban J connectivity index is 0.000000368. The summed E-state index contributed by atoms with van der Waals surface area (Å²) in [5, 5.41) is 56.1. The van der Waals surface area contributed by atoms with Gasteiger partial charge in [0.1, 0.15) is 30.2 Å². The van der Waals surface area contributed by atoms with Crippen LogP contribution >= 0.6 is 0 Å². The van der Waals surface area contributed by atoms with Gasteiger partial charge in [0.05, 0.1) is 12.7 Å². The molecular weight excluding hydrogens is 426 g/mol. The first-order chi connectivity index (χ1) is 14.9. The first-order valence-corrected chi connectivity index (χ1v) is 10.7. The molecule has 0 unspecified atom stereocenters. The van der Waals surface area contributed by atoms with Crippen LogP contribution in [0, 0.1) is 23.7 Å². The summed E-state index contributed by atoms with van der Waals surface area (Å²) < 4.78 is 0. The highest BCUT2D eigenvalue weighted by atomic mass is 16.4. The van der Waals surface area contributed by atoms with Crippen LogP contribution in [0.4, 0.5) is 0 Å². The average molecular weight is 462 g/mol. The van der Waals surface area contributed by atoms with Gasteiger partial charge in [0.15, 0.2) is 6.29 Å². The number of imide groups is 1. The fourth-order valence-electron chi connectivity index (χ4n) is 4.22. The van der Waals surface area contributed by atoms with Crippen LogP contribution in [0.3, 0.4) is 0 Å². The van der Waals surface area contributed by atoms with E-state index in [4.69, 9.17) is 25.5 Å². The van der Waals surface area contributed by atoms with Crippen molar-refractivity contribution in [3.8, 4) is 0 Å². The molecule has 1 saturated heterocycles. The standard InChI is InChI=1S/C15H23NO4.C6H12O6/c1-8-3-9(2)15(20)11(4-8)12(17)5-10-6-13(18)16-14(19)7-10;7-1-3(9)5(11)6(12)4(10)2-8/h8-12,17H,3-7H2,1-2H3,(H,16,18,19);1,3-6,8-12H,2H2/t8-,9-,11-,12+;3-,4+,5+,6+/m00/s1. The second kappa shape index (κ2) is 13.1. The number of carbonyl (C=O) groups excluding carboxylic acids is 4. The number of aliphatic hydroxyl groups excluding tert-OH is 6. The van der Waals surface area contributed by atoms with Gasteiger partial charge < -0.3 is 35.4 Å². The highest BCUT2D eigenvalue weighted by molar-refractivity contribution is 5.97. The fraction of sp³-hybridized carbons (Fsp3) is 0.810. The molecule has 7 N–H and O–H groups in total. The van der Waals surface area contributed by atoms with Crippen LogP contribution in [-0.2, 0) is 19.2 Å². The zero-order chi connectivity index (χ0) is 24.6. The lowest BCUT2D eigenvalue weighted by Crippen LogP contribution is -2.46. The summed E-state index contributed by atoms with van der Waals surface area (Å²) in [6.45, 7) is 3.25. The molecule has 2 fully saturated rings. The maximum absolute atomic E-state index is 12.2. The molecule has 1 saturated carbocycles. The van der Waals surface area contributed by atoms with Gasteiger partial charge in [-0.25, -0.2) is 0 Å². The number of piperidine rings is 1. The second-order valence-corrected chi connectivity index (χ2v) is 8.89. The molecular formula is C21H35NO10. The van der Waals surface area contributed by atoms with Crippen LogP contribution in [0.15, 0.2) is 0 Å². The third-order valence-electron chi connectivity index (χ3n) is 5.95. The molecule has 11 heteroatoms. The quantitative estimate of drug-likeness (QED) is 0.152. The Morgan fingerprint density at radius 1 is 0.969 bits per heavy atom. The number of carbonyl (C=O) groups is 4. The second-order valence-electron chi connectivity index (χ2n) is 8.89. The minimum absolute atomic E-state index is 0.00492. The van der Waals surface area contributed by atoms with E-state index in [1.807, 2.05) is 6.92 Å². The van der Waals surface area contributed by atoms with Crippen molar-refractivity contribution in [1.29, 1.82) is 0 Å². The van der Waals surface area contributed by atoms with Crippen molar-refractivity contribution in [2.45, 2.75) is 76.5 Å². The van der Waals surface area contributed by atoms with Gasteiger partial charge in [-0.1, -0.05) is 13.8 Å². The molecule has 1 aliphatic heterocycles. The summed E-state index contributed by atoms with van der Waals surface area (Å²) in [5.74, 6) is -0.499. The maximum atomic E-state index is 12.2. The van der Waals surface area contributed by atoms with E-state index in [1.165, 1.54) is 0 Å². The summed E-state index contributed by atoms with van der Waals surface area (Å²) in [4.78, 5) is 44.7. The Morgan fingerprint density at radius 3 is 2.03 bits per heavy atom. The number of Topliss-reactive ketones (excluding diaryl/α,β-unsaturated/α-hetero) is 1. The summed E-state index contributed by atoms with van der Waals surface area (Å²) in [6, 6.07) is 0. The van der Waals surface area contributed by atoms with Gasteiger partial charge in [0, 0.05) is 24.7 Å². The van der Waals surface area contributed by atoms with Gasteiger partial charge in [-0.3, -0.25) is 19.7 Å². The van der Waals surface area contributed by atoms with Gasteiger partial charge in [0.25, 0.3) is 0 Å². The predicted molar refractivity (Wildman–Crippen MR) is 110 cm³/mol. The zero-order valence-corrected chi connectivity index (χ0v) is 18.3. The molecule has 0 aromatic rings. The molecule has 1 aliphatic carbocycles. The van der Waals surface area contributed by atoms with E-state index in [2.05, 4.69) is 12.2 Å². The number of nitrogens with one attached hydrogen (secondary N) is 1. The Hall–Kier alpha value is -1.76. The van der Waals surface area contributed by atoms with Crippen LogP contribution in [-0.4, -0.2) is 91.6 Å². The molecule has 8 atom stereocenters. The van der Waals surface area contributed by atoms with Gasteiger partial charge in [-0.2, -0.15) is 0 Å². The molecule has 184 valence electrons. The number of aldehydes is 1. The summed E-state index contributed by atoms with van der Waals surface area (Å²) in [6.07, 6.45) is -5.12. The lowest BCUT2D eigenvalue weighted by atomic mass is 9.71. The third-order valence-corrected chi connectivity index (χ3v) is 5.95. The van der Waals surface area contributed by atoms with Crippen LogP contribution in [0.5, 0.6) is 0 Å². The SMILES string of the molecule is C[C@@H]1C[C@@H]([C@H](O)CC2CC(=O)NC(=O)C2)C(=O)[C@@H](C)C1.O=C[C@H](O)[C@@H](O)[C@H](O)[C@H](O)CO.